The molecule has 1 aromatic rings. The Balaban J connectivity index is 1.98. The Hall–Kier alpha value is -1.84. The van der Waals surface area contributed by atoms with Gasteiger partial charge >= 0.3 is 6.09 Å². The molecule has 2 amide bonds. The topological polar surface area (TPSA) is 46.6 Å². The van der Waals surface area contributed by atoms with Crippen LogP contribution in [0.4, 0.5) is 10.5 Å². The number of ether oxygens (including phenoxy) is 1. The fourth-order valence-corrected chi connectivity index (χ4v) is 5.76. The number of rotatable bonds is 0. The zero-order valence-electron chi connectivity index (χ0n) is 14.2. The maximum Gasteiger partial charge on any atom is 0.420 e. The number of fused-ring (bicyclic) bond motifs is 5. The molecule has 3 atom stereocenters. The number of carbonyl (C=O) groups is 2. The Labute approximate surface area is 136 Å². The minimum Gasteiger partial charge on any atom is -0.452 e. The molecular weight excluding hydrogens is 290 g/mol. The van der Waals surface area contributed by atoms with E-state index in [0.29, 0.717) is 11.6 Å². The molecule has 0 aromatic heterocycles. The largest absolute Gasteiger partial charge is 0.452 e. The summed E-state index contributed by atoms with van der Waals surface area (Å²) in [4.78, 5) is 27.0. The highest BCUT2D eigenvalue weighted by Crippen LogP contribution is 2.75. The van der Waals surface area contributed by atoms with Gasteiger partial charge in [0.05, 0.1) is 18.2 Å². The van der Waals surface area contributed by atoms with E-state index in [2.05, 4.69) is 20.8 Å². The summed E-state index contributed by atoms with van der Waals surface area (Å²) in [6.45, 7) is 6.82. The van der Waals surface area contributed by atoms with Crippen LogP contribution in [0.1, 0.15) is 45.6 Å². The first-order valence-electron chi connectivity index (χ1n) is 8.33. The first kappa shape index (κ1) is 14.7. The molecule has 4 rings (SSSR count). The lowest BCUT2D eigenvalue weighted by Crippen LogP contribution is -2.52. The minimum atomic E-state index is -0.593. The molecule has 3 unspecified atom stereocenters. The molecule has 1 spiro atoms. The van der Waals surface area contributed by atoms with Crippen molar-refractivity contribution in [2.24, 2.45) is 16.7 Å². The molecule has 0 radical (unpaired) electrons. The van der Waals surface area contributed by atoms with Crippen LogP contribution >= 0.6 is 0 Å². The summed E-state index contributed by atoms with van der Waals surface area (Å²) in [5.74, 6) is 0.422. The zero-order valence-corrected chi connectivity index (χ0v) is 14.2. The highest BCUT2D eigenvalue weighted by molar-refractivity contribution is 6.21. The number of methoxy groups -OCH3 is 1. The van der Waals surface area contributed by atoms with E-state index in [1.165, 1.54) is 18.4 Å². The van der Waals surface area contributed by atoms with Gasteiger partial charge in [-0.2, -0.15) is 0 Å². The molecule has 1 aromatic carbocycles. The highest BCUT2D eigenvalue weighted by atomic mass is 16.5. The predicted molar refractivity (Wildman–Crippen MR) is 87.2 cm³/mol. The fourth-order valence-electron chi connectivity index (χ4n) is 5.76. The number of imide groups is 1. The Kier molecular flexibility index (Phi) is 2.67. The molecule has 2 bridgehead atoms. The van der Waals surface area contributed by atoms with E-state index in [1.807, 2.05) is 24.3 Å². The number of carbonyl (C=O) groups excluding carboxylic acids is 2. The standard InChI is InChI=1S/C19H23NO3/c1-17(2)12-9-10-18(17,3)19(11-12)13-7-5-6-8-14(13)20(15(19)21)16(22)23-4/h5-8,12H,9-11H2,1-4H3. The van der Waals surface area contributed by atoms with E-state index in [4.69, 9.17) is 4.74 Å². The molecule has 1 aliphatic heterocycles. The van der Waals surface area contributed by atoms with Gasteiger partial charge in [0.1, 0.15) is 0 Å². The molecule has 0 saturated heterocycles. The Morgan fingerprint density at radius 2 is 1.96 bits per heavy atom. The monoisotopic (exact) mass is 313 g/mol. The van der Waals surface area contributed by atoms with Crippen LogP contribution in [0.5, 0.6) is 0 Å². The molecule has 4 heteroatoms. The molecule has 2 fully saturated rings. The lowest BCUT2D eigenvalue weighted by atomic mass is 9.56. The maximum atomic E-state index is 13.5. The van der Waals surface area contributed by atoms with Crippen molar-refractivity contribution in [3.05, 3.63) is 29.8 Å². The number of para-hydroxylation sites is 1. The first-order chi connectivity index (χ1) is 10.8. The molecule has 2 aliphatic carbocycles. The smallest absolute Gasteiger partial charge is 0.420 e. The van der Waals surface area contributed by atoms with Crippen molar-refractivity contribution in [2.75, 3.05) is 12.0 Å². The SMILES string of the molecule is COC(=O)N1C(=O)C2(CC3CCC2(C)C3(C)C)c2ccccc21. The molecule has 0 N–H and O–H groups in total. The third-order valence-electron chi connectivity index (χ3n) is 7.46. The van der Waals surface area contributed by atoms with Crippen molar-refractivity contribution in [1.29, 1.82) is 0 Å². The molecule has 2 saturated carbocycles. The van der Waals surface area contributed by atoms with Gasteiger partial charge in [0.2, 0.25) is 5.91 Å². The van der Waals surface area contributed by atoms with E-state index in [-0.39, 0.29) is 16.7 Å². The van der Waals surface area contributed by atoms with Crippen molar-refractivity contribution in [1.82, 2.24) is 0 Å². The predicted octanol–water partition coefficient (Wildman–Crippen LogP) is 3.88. The number of hydrogen-bond acceptors (Lipinski definition) is 3. The van der Waals surface area contributed by atoms with Gasteiger partial charge in [-0.1, -0.05) is 39.0 Å². The van der Waals surface area contributed by atoms with Gasteiger partial charge in [-0.3, -0.25) is 4.79 Å². The lowest BCUT2D eigenvalue weighted by molar-refractivity contribution is -0.128. The fraction of sp³-hybridized carbons (Fsp3) is 0.579. The number of hydrogen-bond donors (Lipinski definition) is 0. The van der Waals surface area contributed by atoms with E-state index in [0.717, 1.165) is 18.4 Å². The summed E-state index contributed by atoms with van der Waals surface area (Å²) in [5, 5.41) is 0. The summed E-state index contributed by atoms with van der Waals surface area (Å²) < 4.78 is 4.90. The second-order valence-corrected chi connectivity index (χ2v) is 8.03. The van der Waals surface area contributed by atoms with E-state index < -0.39 is 11.5 Å². The van der Waals surface area contributed by atoms with Gasteiger partial charge in [0.15, 0.2) is 0 Å². The average Bonchev–Trinajstić information content (AvgIpc) is 2.99. The third kappa shape index (κ3) is 1.35. The van der Waals surface area contributed by atoms with Crippen molar-refractivity contribution >= 4 is 17.7 Å². The van der Waals surface area contributed by atoms with Gasteiger partial charge < -0.3 is 4.74 Å². The van der Waals surface area contributed by atoms with Crippen LogP contribution in [-0.4, -0.2) is 19.1 Å². The van der Waals surface area contributed by atoms with Crippen LogP contribution < -0.4 is 4.90 Å². The number of amides is 2. The molecule has 4 nitrogen and oxygen atoms in total. The van der Waals surface area contributed by atoms with Crippen LogP contribution in [0.3, 0.4) is 0 Å². The highest BCUT2D eigenvalue weighted by Gasteiger charge is 2.75. The van der Waals surface area contributed by atoms with Crippen molar-refractivity contribution < 1.29 is 14.3 Å². The summed E-state index contributed by atoms with van der Waals surface area (Å²) in [5.41, 5.74) is 1.06. The van der Waals surface area contributed by atoms with Gasteiger partial charge in [-0.25, -0.2) is 9.69 Å². The maximum absolute atomic E-state index is 13.5. The minimum absolute atomic E-state index is 0.0852. The molecule has 3 aliphatic rings. The summed E-state index contributed by atoms with van der Waals surface area (Å²) >= 11 is 0. The van der Waals surface area contributed by atoms with E-state index in [9.17, 15) is 9.59 Å². The number of benzene rings is 1. The Bertz CT molecular complexity index is 725. The van der Waals surface area contributed by atoms with Crippen molar-refractivity contribution in [2.45, 2.75) is 45.4 Å². The normalized spacial score (nSPS) is 36.6. The van der Waals surface area contributed by atoms with Crippen LogP contribution in [0.2, 0.25) is 0 Å². The first-order valence-corrected chi connectivity index (χ1v) is 8.33. The molecule has 1 heterocycles. The van der Waals surface area contributed by atoms with Crippen molar-refractivity contribution in [3.8, 4) is 0 Å². The second kappa shape index (κ2) is 4.16. The van der Waals surface area contributed by atoms with Crippen LogP contribution in [-0.2, 0) is 14.9 Å². The number of anilines is 1. The lowest BCUT2D eigenvalue weighted by Gasteiger charge is -2.45. The number of nitrogens with zero attached hydrogens (tertiary/aromatic N) is 1. The van der Waals surface area contributed by atoms with Crippen molar-refractivity contribution in [3.63, 3.8) is 0 Å². The van der Waals surface area contributed by atoms with Gasteiger partial charge in [0.25, 0.3) is 0 Å². The quantitative estimate of drug-likeness (QED) is 0.730. The van der Waals surface area contributed by atoms with Crippen LogP contribution in [0.25, 0.3) is 0 Å². The van der Waals surface area contributed by atoms with Gasteiger partial charge in [0, 0.05) is 0 Å². The Morgan fingerprint density at radius 1 is 1.26 bits per heavy atom. The summed E-state index contributed by atoms with van der Waals surface area (Å²) in [6, 6.07) is 7.73. The van der Waals surface area contributed by atoms with Crippen LogP contribution in [0, 0.1) is 16.7 Å². The van der Waals surface area contributed by atoms with Gasteiger partial charge in [-0.15, -0.1) is 0 Å². The average molecular weight is 313 g/mol. The molecule has 23 heavy (non-hydrogen) atoms. The molecule has 122 valence electrons. The second-order valence-electron chi connectivity index (χ2n) is 8.03. The summed E-state index contributed by atoms with van der Waals surface area (Å²) in [6.07, 6.45) is 2.45. The summed E-state index contributed by atoms with van der Waals surface area (Å²) in [7, 11) is 1.33. The molecular formula is C19H23NO3. The third-order valence-corrected chi connectivity index (χ3v) is 7.46. The van der Waals surface area contributed by atoms with E-state index in [1.54, 1.807) is 0 Å². The Morgan fingerprint density at radius 3 is 2.52 bits per heavy atom. The van der Waals surface area contributed by atoms with Crippen LogP contribution in [0.15, 0.2) is 24.3 Å². The van der Waals surface area contributed by atoms with E-state index >= 15 is 0 Å². The van der Waals surface area contributed by atoms with Gasteiger partial charge in [-0.05, 0) is 47.6 Å². The zero-order chi connectivity index (χ0) is 16.6.